The molecule has 0 heterocycles. The molecule has 7 heteroatoms. The van der Waals surface area contributed by atoms with Crippen LogP contribution in [-0.2, 0) is 18.0 Å². The van der Waals surface area contributed by atoms with Crippen LogP contribution in [0, 0.1) is 3.57 Å². The normalized spacial score (nSPS) is 10.4. The average molecular weight is 620 g/mol. The van der Waals surface area contributed by atoms with Crippen LogP contribution in [0.3, 0.4) is 0 Å². The Labute approximate surface area is 235 Å². The maximum absolute atomic E-state index is 13.2. The SMILES string of the molecule is C=Cc1c(OC)cccc1C(=O)Oc1cc(C(=O)OCc2ccccc2)cc(OCc2ccccc2)c1I. The minimum Gasteiger partial charge on any atom is -0.496 e. The third kappa shape index (κ3) is 6.60. The summed E-state index contributed by atoms with van der Waals surface area (Å²) in [7, 11) is 1.52. The lowest BCUT2D eigenvalue weighted by atomic mass is 10.1. The van der Waals surface area contributed by atoms with Gasteiger partial charge in [0.15, 0.2) is 0 Å². The van der Waals surface area contributed by atoms with Crippen LogP contribution in [0.2, 0.25) is 0 Å². The van der Waals surface area contributed by atoms with Gasteiger partial charge in [-0.15, -0.1) is 0 Å². The second-order valence-corrected chi connectivity index (χ2v) is 9.22. The summed E-state index contributed by atoms with van der Waals surface area (Å²) >= 11 is 2.04. The number of methoxy groups -OCH3 is 1. The third-order valence-electron chi connectivity index (χ3n) is 5.60. The molecule has 0 spiro atoms. The van der Waals surface area contributed by atoms with Crippen LogP contribution in [0.15, 0.2) is 97.6 Å². The van der Waals surface area contributed by atoms with E-state index in [-0.39, 0.29) is 30.1 Å². The Hall–Kier alpha value is -4.11. The molecule has 0 saturated heterocycles. The van der Waals surface area contributed by atoms with Gasteiger partial charge >= 0.3 is 11.9 Å². The van der Waals surface area contributed by atoms with Gasteiger partial charge in [0.2, 0.25) is 0 Å². The maximum Gasteiger partial charge on any atom is 0.344 e. The van der Waals surface area contributed by atoms with Gasteiger partial charge in [0.1, 0.15) is 30.5 Å². The van der Waals surface area contributed by atoms with Crippen LogP contribution in [0.1, 0.15) is 37.4 Å². The van der Waals surface area contributed by atoms with Gasteiger partial charge in [-0.3, -0.25) is 0 Å². The molecule has 6 nitrogen and oxygen atoms in total. The summed E-state index contributed by atoms with van der Waals surface area (Å²) in [4.78, 5) is 26.2. The summed E-state index contributed by atoms with van der Waals surface area (Å²) < 4.78 is 23.2. The summed E-state index contributed by atoms with van der Waals surface area (Å²) in [5.41, 5.74) is 2.79. The zero-order valence-corrected chi connectivity index (χ0v) is 22.8. The lowest BCUT2D eigenvalue weighted by molar-refractivity contribution is 0.0470. The number of ether oxygens (including phenoxy) is 4. The molecule has 0 aliphatic carbocycles. The molecule has 0 aromatic heterocycles. The fourth-order valence-electron chi connectivity index (χ4n) is 3.68. The highest BCUT2D eigenvalue weighted by Gasteiger charge is 2.21. The van der Waals surface area contributed by atoms with Crippen molar-refractivity contribution in [3.63, 3.8) is 0 Å². The highest BCUT2D eigenvalue weighted by Crippen LogP contribution is 2.34. The van der Waals surface area contributed by atoms with Gasteiger partial charge in [-0.25, -0.2) is 9.59 Å². The molecular formula is C31H25IO6. The minimum atomic E-state index is -0.625. The fraction of sp³-hybridized carbons (Fsp3) is 0.0968. The summed E-state index contributed by atoms with van der Waals surface area (Å²) in [6.07, 6.45) is 1.53. The predicted molar refractivity (Wildman–Crippen MR) is 154 cm³/mol. The lowest BCUT2D eigenvalue weighted by Gasteiger charge is -2.15. The fourth-order valence-corrected chi connectivity index (χ4v) is 4.25. The highest BCUT2D eigenvalue weighted by molar-refractivity contribution is 14.1. The van der Waals surface area contributed by atoms with Crippen LogP contribution in [0.5, 0.6) is 17.2 Å². The molecule has 0 amide bonds. The standard InChI is InChI=1S/C31H25IO6/c1-3-24-25(15-10-16-26(24)35-2)31(34)38-28-18-23(30(33)37-20-22-13-8-5-9-14-22)17-27(29(28)32)36-19-21-11-6-4-7-12-21/h3-18H,1,19-20H2,2H3. The summed E-state index contributed by atoms with van der Waals surface area (Å²) in [5.74, 6) is -0.137. The van der Waals surface area contributed by atoms with E-state index < -0.39 is 11.9 Å². The zero-order chi connectivity index (χ0) is 26.9. The Kier molecular flexibility index (Phi) is 9.16. The van der Waals surface area contributed by atoms with E-state index in [1.54, 1.807) is 24.3 Å². The molecular weight excluding hydrogens is 595 g/mol. The molecule has 4 rings (SSSR count). The Bertz CT molecular complexity index is 1430. The van der Waals surface area contributed by atoms with Crippen LogP contribution < -0.4 is 14.2 Å². The number of carbonyl (C=O) groups is 2. The Morgan fingerprint density at radius 1 is 0.789 bits per heavy atom. The van der Waals surface area contributed by atoms with Crippen LogP contribution in [-0.4, -0.2) is 19.0 Å². The molecule has 0 unspecified atom stereocenters. The number of benzene rings is 4. The van der Waals surface area contributed by atoms with Gasteiger partial charge in [0.25, 0.3) is 0 Å². The van der Waals surface area contributed by atoms with E-state index >= 15 is 0 Å². The number of hydrogen-bond donors (Lipinski definition) is 0. The topological polar surface area (TPSA) is 71.1 Å². The number of carbonyl (C=O) groups excluding carboxylic acids is 2. The van der Waals surface area contributed by atoms with Crippen molar-refractivity contribution in [3.05, 3.63) is 129 Å². The van der Waals surface area contributed by atoms with Crippen LogP contribution >= 0.6 is 22.6 Å². The first-order valence-electron chi connectivity index (χ1n) is 11.7. The van der Waals surface area contributed by atoms with E-state index in [1.807, 2.05) is 83.3 Å². The molecule has 38 heavy (non-hydrogen) atoms. The van der Waals surface area contributed by atoms with Gasteiger partial charge in [-0.2, -0.15) is 0 Å². The van der Waals surface area contributed by atoms with E-state index in [2.05, 4.69) is 6.58 Å². The molecule has 0 N–H and O–H groups in total. The quantitative estimate of drug-likeness (QED) is 0.107. The minimum absolute atomic E-state index is 0.105. The molecule has 0 aliphatic heterocycles. The summed E-state index contributed by atoms with van der Waals surface area (Å²) in [6.45, 7) is 4.16. The van der Waals surface area contributed by atoms with Crippen molar-refractivity contribution in [2.75, 3.05) is 7.11 Å². The van der Waals surface area contributed by atoms with Crippen molar-refractivity contribution in [1.82, 2.24) is 0 Å². The van der Waals surface area contributed by atoms with Crippen molar-refractivity contribution in [1.29, 1.82) is 0 Å². The largest absolute Gasteiger partial charge is 0.496 e. The van der Waals surface area contributed by atoms with Gasteiger partial charge < -0.3 is 18.9 Å². The van der Waals surface area contributed by atoms with Gasteiger partial charge in [0, 0.05) is 5.56 Å². The smallest absolute Gasteiger partial charge is 0.344 e. The molecule has 0 saturated carbocycles. The number of rotatable bonds is 10. The van der Waals surface area contributed by atoms with Crippen molar-refractivity contribution < 1.29 is 28.5 Å². The lowest BCUT2D eigenvalue weighted by Crippen LogP contribution is -2.13. The van der Waals surface area contributed by atoms with Gasteiger partial charge in [-0.05, 0) is 58.0 Å². The monoisotopic (exact) mass is 620 g/mol. The molecule has 4 aromatic carbocycles. The van der Waals surface area contributed by atoms with E-state index in [9.17, 15) is 9.59 Å². The molecule has 0 aliphatic rings. The van der Waals surface area contributed by atoms with E-state index in [4.69, 9.17) is 18.9 Å². The van der Waals surface area contributed by atoms with Crippen molar-refractivity contribution in [3.8, 4) is 17.2 Å². The second-order valence-electron chi connectivity index (χ2n) is 8.14. The Morgan fingerprint density at radius 2 is 1.42 bits per heavy atom. The molecule has 0 atom stereocenters. The predicted octanol–water partition coefficient (Wildman–Crippen LogP) is 7.10. The molecule has 0 fully saturated rings. The first kappa shape index (κ1) is 26.9. The Balaban J connectivity index is 1.64. The van der Waals surface area contributed by atoms with Crippen molar-refractivity contribution >= 4 is 40.6 Å². The highest BCUT2D eigenvalue weighted by atomic mass is 127. The first-order valence-corrected chi connectivity index (χ1v) is 12.8. The van der Waals surface area contributed by atoms with E-state index in [1.165, 1.54) is 19.3 Å². The second kappa shape index (κ2) is 12.9. The summed E-state index contributed by atoms with van der Waals surface area (Å²) in [6, 6.07) is 27.1. The summed E-state index contributed by atoms with van der Waals surface area (Å²) in [5, 5.41) is 0. The van der Waals surface area contributed by atoms with Gasteiger partial charge in [0.05, 0.1) is 21.8 Å². The number of hydrogen-bond acceptors (Lipinski definition) is 6. The number of esters is 2. The molecule has 192 valence electrons. The Morgan fingerprint density at radius 3 is 2.05 bits per heavy atom. The van der Waals surface area contributed by atoms with E-state index in [0.29, 0.717) is 20.6 Å². The zero-order valence-electron chi connectivity index (χ0n) is 20.7. The van der Waals surface area contributed by atoms with Crippen molar-refractivity contribution in [2.24, 2.45) is 0 Å². The number of halogens is 1. The van der Waals surface area contributed by atoms with Crippen LogP contribution in [0.25, 0.3) is 6.08 Å². The van der Waals surface area contributed by atoms with E-state index in [0.717, 1.165) is 11.1 Å². The maximum atomic E-state index is 13.2. The van der Waals surface area contributed by atoms with Crippen molar-refractivity contribution in [2.45, 2.75) is 13.2 Å². The molecule has 0 bridgehead atoms. The third-order valence-corrected chi connectivity index (χ3v) is 6.67. The average Bonchev–Trinajstić information content (AvgIpc) is 2.96. The molecule has 0 radical (unpaired) electrons. The van der Waals surface area contributed by atoms with Crippen LogP contribution in [0.4, 0.5) is 0 Å². The molecule has 4 aromatic rings. The van der Waals surface area contributed by atoms with Gasteiger partial charge in [-0.1, -0.05) is 79.4 Å². The first-order chi connectivity index (χ1) is 18.5.